The minimum Gasteiger partial charge on any atom is -0.234 e. The second-order valence-electron chi connectivity index (χ2n) is 6.18. The van der Waals surface area contributed by atoms with Crippen LogP contribution in [0.2, 0.25) is 0 Å². The molecule has 1 aliphatic rings. The van der Waals surface area contributed by atoms with E-state index in [4.69, 9.17) is 0 Å². The van der Waals surface area contributed by atoms with E-state index in [9.17, 15) is 0 Å². The van der Waals surface area contributed by atoms with E-state index in [1.807, 2.05) is 0 Å². The quantitative estimate of drug-likeness (QED) is 0.732. The number of benzene rings is 1. The van der Waals surface area contributed by atoms with E-state index < -0.39 is 0 Å². The second kappa shape index (κ2) is 5.08. The molecule has 0 bridgehead atoms. The second-order valence-corrected chi connectivity index (χ2v) is 6.18. The number of hydrogen-bond donors (Lipinski definition) is 0. The lowest BCUT2D eigenvalue weighted by atomic mass is 10.0. The molecular weight excluding hydrogens is 244 g/mol. The van der Waals surface area contributed by atoms with Crippen LogP contribution in [0.25, 0.3) is 5.69 Å². The molecule has 20 heavy (non-hydrogen) atoms. The van der Waals surface area contributed by atoms with Crippen LogP contribution < -0.4 is 4.57 Å². The molecule has 0 radical (unpaired) electrons. The highest BCUT2D eigenvalue weighted by atomic mass is 15.2. The van der Waals surface area contributed by atoms with Crippen molar-refractivity contribution in [1.82, 2.24) is 4.57 Å². The van der Waals surface area contributed by atoms with E-state index in [-0.39, 0.29) is 0 Å². The number of imidazole rings is 1. The maximum atomic E-state index is 2.43. The molecule has 2 heteroatoms. The summed E-state index contributed by atoms with van der Waals surface area (Å²) >= 11 is 0. The van der Waals surface area contributed by atoms with Crippen molar-refractivity contribution < 1.29 is 4.57 Å². The van der Waals surface area contributed by atoms with E-state index in [1.165, 1.54) is 48.5 Å². The first-order valence-electron chi connectivity index (χ1n) is 7.75. The smallest absolute Gasteiger partial charge is 0.234 e. The third-order valence-corrected chi connectivity index (χ3v) is 4.97. The molecule has 0 aliphatic heterocycles. The van der Waals surface area contributed by atoms with Crippen LogP contribution in [-0.4, -0.2) is 4.57 Å². The summed E-state index contributed by atoms with van der Waals surface area (Å²) in [4.78, 5) is 0. The molecule has 0 spiro atoms. The van der Waals surface area contributed by atoms with Crippen LogP contribution in [0.5, 0.6) is 0 Å². The van der Waals surface area contributed by atoms with Crippen molar-refractivity contribution in [2.75, 3.05) is 0 Å². The SMILES string of the molecule is Cc1ccccc1-n1c(C)c(C2CCCC2)[n+](C)c1C. The van der Waals surface area contributed by atoms with Crippen LogP contribution in [0, 0.1) is 20.8 Å². The van der Waals surface area contributed by atoms with E-state index in [2.05, 4.69) is 61.2 Å². The zero-order chi connectivity index (χ0) is 14.3. The van der Waals surface area contributed by atoms with Gasteiger partial charge in [0.05, 0.1) is 7.05 Å². The third-order valence-electron chi connectivity index (χ3n) is 4.97. The molecular formula is C18H25N2+. The van der Waals surface area contributed by atoms with Gasteiger partial charge in [0, 0.05) is 19.8 Å². The number of aryl methyl sites for hydroxylation is 1. The summed E-state index contributed by atoms with van der Waals surface area (Å²) in [5.41, 5.74) is 5.63. The summed E-state index contributed by atoms with van der Waals surface area (Å²) in [5.74, 6) is 2.09. The van der Waals surface area contributed by atoms with Gasteiger partial charge in [0.2, 0.25) is 0 Å². The van der Waals surface area contributed by atoms with Crippen LogP contribution in [0.1, 0.15) is 54.4 Å². The summed E-state index contributed by atoms with van der Waals surface area (Å²) < 4.78 is 4.85. The monoisotopic (exact) mass is 269 g/mol. The van der Waals surface area contributed by atoms with E-state index >= 15 is 0 Å². The van der Waals surface area contributed by atoms with E-state index in [0.29, 0.717) is 0 Å². The first-order valence-corrected chi connectivity index (χ1v) is 7.75. The summed E-state index contributed by atoms with van der Waals surface area (Å²) in [5, 5.41) is 0. The topological polar surface area (TPSA) is 8.81 Å². The molecule has 0 saturated heterocycles. The maximum Gasteiger partial charge on any atom is 0.258 e. The van der Waals surface area contributed by atoms with Gasteiger partial charge in [-0.15, -0.1) is 0 Å². The number of nitrogens with zero attached hydrogens (tertiary/aromatic N) is 2. The molecule has 0 N–H and O–H groups in total. The molecule has 1 aromatic carbocycles. The van der Waals surface area contributed by atoms with Crippen LogP contribution in [-0.2, 0) is 7.05 Å². The van der Waals surface area contributed by atoms with Gasteiger partial charge in [0.15, 0.2) is 0 Å². The number of hydrogen-bond acceptors (Lipinski definition) is 0. The van der Waals surface area contributed by atoms with E-state index in [0.717, 1.165) is 5.92 Å². The van der Waals surface area contributed by atoms with E-state index in [1.54, 1.807) is 5.69 Å². The highest BCUT2D eigenvalue weighted by Crippen LogP contribution is 2.35. The Hall–Kier alpha value is -1.57. The van der Waals surface area contributed by atoms with Crippen LogP contribution in [0.3, 0.4) is 0 Å². The molecule has 0 atom stereocenters. The fourth-order valence-electron chi connectivity index (χ4n) is 3.86. The van der Waals surface area contributed by atoms with Crippen molar-refractivity contribution in [2.24, 2.45) is 7.05 Å². The number of rotatable bonds is 2. The highest BCUT2D eigenvalue weighted by Gasteiger charge is 2.31. The van der Waals surface area contributed by atoms with Crippen molar-refractivity contribution in [3.05, 3.63) is 47.0 Å². The highest BCUT2D eigenvalue weighted by molar-refractivity contribution is 5.42. The Morgan fingerprint density at radius 2 is 1.70 bits per heavy atom. The van der Waals surface area contributed by atoms with Gasteiger partial charge in [-0.1, -0.05) is 31.0 Å². The minimum absolute atomic E-state index is 0.754. The molecule has 3 rings (SSSR count). The molecule has 0 unspecified atom stereocenters. The van der Waals surface area contributed by atoms with Crippen molar-refractivity contribution in [1.29, 1.82) is 0 Å². The average Bonchev–Trinajstić information content (AvgIpc) is 3.01. The predicted octanol–water partition coefficient (Wildman–Crippen LogP) is 3.88. The molecule has 2 nitrogen and oxygen atoms in total. The van der Waals surface area contributed by atoms with Gasteiger partial charge < -0.3 is 0 Å². The van der Waals surface area contributed by atoms with Crippen molar-refractivity contribution in [2.45, 2.75) is 52.4 Å². The molecule has 2 aromatic rings. The normalized spacial score (nSPS) is 16.0. The van der Waals surface area contributed by atoms with Crippen molar-refractivity contribution in [3.8, 4) is 5.69 Å². The molecule has 106 valence electrons. The Balaban J connectivity index is 2.18. The fraction of sp³-hybridized carbons (Fsp3) is 0.500. The lowest BCUT2D eigenvalue weighted by molar-refractivity contribution is -0.685. The number of aromatic nitrogens is 2. The summed E-state index contributed by atoms with van der Waals surface area (Å²) in [6, 6.07) is 8.68. The first kappa shape index (κ1) is 13.4. The Bertz CT molecular complexity index is 631. The summed E-state index contributed by atoms with van der Waals surface area (Å²) in [7, 11) is 2.23. The molecule has 0 amide bonds. The zero-order valence-corrected chi connectivity index (χ0v) is 13.1. The number of para-hydroxylation sites is 1. The van der Waals surface area contributed by atoms with Crippen LogP contribution >= 0.6 is 0 Å². The van der Waals surface area contributed by atoms with Crippen molar-refractivity contribution in [3.63, 3.8) is 0 Å². The molecule has 1 aliphatic carbocycles. The van der Waals surface area contributed by atoms with Crippen LogP contribution in [0.15, 0.2) is 24.3 Å². The zero-order valence-electron chi connectivity index (χ0n) is 13.1. The lowest BCUT2D eigenvalue weighted by Crippen LogP contribution is -2.35. The standard InChI is InChI=1S/C18H25N2/c1-13-9-5-8-12-17(13)20-14(2)18(19(4)15(20)3)16-10-6-7-11-16/h5,8-9,12,16H,6-7,10-11H2,1-4H3/q+1. The largest absolute Gasteiger partial charge is 0.258 e. The summed E-state index contributed by atoms with van der Waals surface area (Å²) in [6.07, 6.45) is 5.48. The average molecular weight is 269 g/mol. The molecule has 1 aromatic heterocycles. The Morgan fingerprint density at radius 3 is 2.35 bits per heavy atom. The predicted molar refractivity (Wildman–Crippen MR) is 82.4 cm³/mol. The Labute approximate surface area is 122 Å². The van der Waals surface area contributed by atoms with Gasteiger partial charge in [-0.2, -0.15) is 4.57 Å². The first-order chi connectivity index (χ1) is 9.61. The van der Waals surface area contributed by atoms with Gasteiger partial charge in [-0.25, -0.2) is 4.57 Å². The van der Waals surface area contributed by atoms with Gasteiger partial charge in [-0.05, 0) is 31.4 Å². The van der Waals surface area contributed by atoms with Gasteiger partial charge in [0.1, 0.15) is 17.1 Å². The fourth-order valence-corrected chi connectivity index (χ4v) is 3.86. The minimum atomic E-state index is 0.754. The summed E-state index contributed by atoms with van der Waals surface area (Å²) in [6.45, 7) is 6.72. The van der Waals surface area contributed by atoms with Crippen molar-refractivity contribution >= 4 is 0 Å². The van der Waals surface area contributed by atoms with Gasteiger partial charge >= 0.3 is 0 Å². The Kier molecular flexibility index (Phi) is 3.41. The maximum absolute atomic E-state index is 2.43. The van der Waals surface area contributed by atoms with Crippen LogP contribution in [0.4, 0.5) is 0 Å². The van der Waals surface area contributed by atoms with Gasteiger partial charge in [-0.3, -0.25) is 0 Å². The molecule has 1 fully saturated rings. The third kappa shape index (κ3) is 1.98. The van der Waals surface area contributed by atoms with Gasteiger partial charge in [0.25, 0.3) is 5.82 Å². The lowest BCUT2D eigenvalue weighted by Gasteiger charge is -2.06. The molecule has 1 heterocycles. The Morgan fingerprint density at radius 1 is 1.05 bits per heavy atom. The molecule has 1 saturated carbocycles.